The maximum Gasteiger partial charge on any atom is 0.123 e. The van der Waals surface area contributed by atoms with Crippen molar-refractivity contribution in [3.63, 3.8) is 0 Å². The summed E-state index contributed by atoms with van der Waals surface area (Å²) in [6.45, 7) is 3.35. The Balaban J connectivity index is 1.28. The first-order chi connectivity index (χ1) is 12.3. The van der Waals surface area contributed by atoms with Gasteiger partial charge in [-0.2, -0.15) is 0 Å². The van der Waals surface area contributed by atoms with Gasteiger partial charge in [-0.15, -0.1) is 0 Å². The number of imidazole rings is 1. The summed E-state index contributed by atoms with van der Waals surface area (Å²) >= 11 is 0. The van der Waals surface area contributed by atoms with E-state index in [0.29, 0.717) is 6.61 Å². The van der Waals surface area contributed by atoms with Crippen molar-refractivity contribution < 1.29 is 9.13 Å². The van der Waals surface area contributed by atoms with Crippen LogP contribution in [0, 0.1) is 5.82 Å². The number of fused-ring (bicyclic) bond motifs is 1. The second-order valence-corrected chi connectivity index (χ2v) is 6.60. The third-order valence-corrected chi connectivity index (χ3v) is 4.81. The van der Waals surface area contributed by atoms with E-state index < -0.39 is 0 Å². The Bertz CT molecular complexity index is 840. The molecular formula is C20H22FN3O. The molecule has 3 heterocycles. The Labute approximate surface area is 146 Å². The van der Waals surface area contributed by atoms with E-state index in [2.05, 4.69) is 20.4 Å². The number of piperidine rings is 1. The van der Waals surface area contributed by atoms with Crippen LogP contribution in [0.1, 0.15) is 24.1 Å². The van der Waals surface area contributed by atoms with Crippen LogP contribution in [-0.4, -0.2) is 33.5 Å². The summed E-state index contributed by atoms with van der Waals surface area (Å²) in [6, 6.07) is 12.8. The average molecular weight is 339 g/mol. The molecule has 5 heteroatoms. The first kappa shape index (κ1) is 16.2. The standard InChI is InChI=1S/C20H22FN3O/c21-17-5-3-4-16(12-17)14-25-18-7-10-23(11-8-18)13-19-20-6-1-2-9-24(20)15-22-19/h1-6,9,12,15,18H,7-8,10-11,13-14H2. The number of hydrogen-bond acceptors (Lipinski definition) is 3. The van der Waals surface area contributed by atoms with Crippen molar-refractivity contribution in [1.82, 2.24) is 14.3 Å². The largest absolute Gasteiger partial charge is 0.373 e. The van der Waals surface area contributed by atoms with E-state index >= 15 is 0 Å². The molecule has 1 aliphatic heterocycles. The molecular weight excluding hydrogens is 317 g/mol. The molecule has 4 nitrogen and oxygen atoms in total. The molecule has 130 valence electrons. The summed E-state index contributed by atoms with van der Waals surface area (Å²) < 4.78 is 21.2. The van der Waals surface area contributed by atoms with E-state index in [9.17, 15) is 4.39 Å². The quantitative estimate of drug-likeness (QED) is 0.711. The predicted molar refractivity (Wildman–Crippen MR) is 94.7 cm³/mol. The zero-order valence-corrected chi connectivity index (χ0v) is 14.1. The number of hydrogen-bond donors (Lipinski definition) is 0. The van der Waals surface area contributed by atoms with Gasteiger partial charge in [-0.1, -0.05) is 18.2 Å². The number of likely N-dealkylation sites (tertiary alicyclic amines) is 1. The molecule has 0 atom stereocenters. The molecule has 1 fully saturated rings. The minimum Gasteiger partial charge on any atom is -0.373 e. The second-order valence-electron chi connectivity index (χ2n) is 6.60. The molecule has 0 amide bonds. The van der Waals surface area contributed by atoms with Crippen molar-refractivity contribution >= 4 is 5.52 Å². The Hall–Kier alpha value is -2.24. The predicted octanol–water partition coefficient (Wildman–Crippen LogP) is 3.65. The highest BCUT2D eigenvalue weighted by atomic mass is 19.1. The molecule has 0 saturated carbocycles. The van der Waals surface area contributed by atoms with Gasteiger partial charge in [0, 0.05) is 25.8 Å². The summed E-state index contributed by atoms with van der Waals surface area (Å²) in [5, 5.41) is 0. The molecule has 25 heavy (non-hydrogen) atoms. The molecule has 2 aromatic heterocycles. The summed E-state index contributed by atoms with van der Waals surface area (Å²) in [4.78, 5) is 6.98. The summed E-state index contributed by atoms with van der Waals surface area (Å²) in [5.74, 6) is -0.205. The van der Waals surface area contributed by atoms with Crippen LogP contribution in [0.15, 0.2) is 55.0 Å². The zero-order chi connectivity index (χ0) is 17.1. The van der Waals surface area contributed by atoms with Gasteiger partial charge in [-0.05, 0) is 42.7 Å². The van der Waals surface area contributed by atoms with Crippen LogP contribution in [0.3, 0.4) is 0 Å². The molecule has 0 radical (unpaired) electrons. The molecule has 0 aliphatic carbocycles. The van der Waals surface area contributed by atoms with Crippen LogP contribution >= 0.6 is 0 Å². The van der Waals surface area contributed by atoms with Crippen LogP contribution in [0.4, 0.5) is 4.39 Å². The summed E-state index contributed by atoms with van der Waals surface area (Å²) in [6.07, 6.45) is 6.15. The Morgan fingerprint density at radius 2 is 2.00 bits per heavy atom. The number of rotatable bonds is 5. The zero-order valence-electron chi connectivity index (χ0n) is 14.1. The van der Waals surface area contributed by atoms with E-state index in [0.717, 1.165) is 43.7 Å². The smallest absolute Gasteiger partial charge is 0.123 e. The number of nitrogens with zero attached hydrogens (tertiary/aromatic N) is 3. The average Bonchev–Trinajstić information content (AvgIpc) is 3.04. The van der Waals surface area contributed by atoms with Crippen LogP contribution < -0.4 is 0 Å². The van der Waals surface area contributed by atoms with E-state index in [-0.39, 0.29) is 11.9 Å². The molecule has 4 rings (SSSR count). The van der Waals surface area contributed by atoms with E-state index in [4.69, 9.17) is 4.74 Å². The Kier molecular flexibility index (Phi) is 4.76. The lowest BCUT2D eigenvalue weighted by Crippen LogP contribution is -2.36. The molecule has 1 saturated heterocycles. The van der Waals surface area contributed by atoms with Gasteiger partial charge in [0.2, 0.25) is 0 Å². The van der Waals surface area contributed by atoms with E-state index in [1.54, 1.807) is 12.1 Å². The third kappa shape index (κ3) is 3.89. The molecule has 0 bridgehead atoms. The maximum absolute atomic E-state index is 13.2. The molecule has 1 aliphatic rings. The van der Waals surface area contributed by atoms with Crippen molar-refractivity contribution in [2.24, 2.45) is 0 Å². The fourth-order valence-electron chi connectivity index (χ4n) is 3.41. The highest BCUT2D eigenvalue weighted by Gasteiger charge is 2.21. The van der Waals surface area contributed by atoms with Gasteiger partial charge in [0.05, 0.1) is 30.2 Å². The minimum atomic E-state index is -0.205. The summed E-state index contributed by atoms with van der Waals surface area (Å²) in [7, 11) is 0. The number of ether oxygens (including phenoxy) is 1. The first-order valence-corrected chi connectivity index (χ1v) is 8.77. The monoisotopic (exact) mass is 339 g/mol. The van der Waals surface area contributed by atoms with Crippen LogP contribution in [-0.2, 0) is 17.9 Å². The third-order valence-electron chi connectivity index (χ3n) is 4.81. The van der Waals surface area contributed by atoms with E-state index in [1.165, 1.54) is 11.6 Å². The Morgan fingerprint density at radius 3 is 2.84 bits per heavy atom. The Morgan fingerprint density at radius 1 is 1.12 bits per heavy atom. The van der Waals surface area contributed by atoms with Gasteiger partial charge in [-0.3, -0.25) is 4.90 Å². The SMILES string of the molecule is Fc1cccc(COC2CCN(Cc3ncn4ccccc34)CC2)c1. The van der Waals surface area contributed by atoms with Crippen LogP contribution in [0.2, 0.25) is 0 Å². The van der Waals surface area contributed by atoms with Crippen molar-refractivity contribution in [1.29, 1.82) is 0 Å². The van der Waals surface area contributed by atoms with Gasteiger partial charge < -0.3 is 9.14 Å². The lowest BCUT2D eigenvalue weighted by Gasteiger charge is -2.31. The molecule has 0 unspecified atom stereocenters. The van der Waals surface area contributed by atoms with Gasteiger partial charge in [-0.25, -0.2) is 9.37 Å². The fraction of sp³-hybridized carbons (Fsp3) is 0.350. The second kappa shape index (κ2) is 7.33. The number of pyridine rings is 1. The minimum absolute atomic E-state index is 0.205. The molecule has 0 N–H and O–H groups in total. The van der Waals surface area contributed by atoms with Gasteiger partial charge in [0.25, 0.3) is 0 Å². The van der Waals surface area contributed by atoms with Crippen molar-refractivity contribution in [2.75, 3.05) is 13.1 Å². The number of aromatic nitrogens is 2. The van der Waals surface area contributed by atoms with Gasteiger partial charge in [0.1, 0.15) is 5.82 Å². The van der Waals surface area contributed by atoms with Crippen LogP contribution in [0.25, 0.3) is 5.52 Å². The fourth-order valence-corrected chi connectivity index (χ4v) is 3.41. The van der Waals surface area contributed by atoms with Crippen molar-refractivity contribution in [3.05, 3.63) is 72.1 Å². The lowest BCUT2D eigenvalue weighted by molar-refractivity contribution is -0.00413. The molecule has 3 aromatic rings. The number of benzene rings is 1. The number of halogens is 1. The van der Waals surface area contributed by atoms with Crippen molar-refractivity contribution in [2.45, 2.75) is 32.1 Å². The molecule has 1 aromatic carbocycles. The normalized spacial score (nSPS) is 16.5. The van der Waals surface area contributed by atoms with Gasteiger partial charge in [0.15, 0.2) is 0 Å². The van der Waals surface area contributed by atoms with E-state index in [1.807, 2.05) is 30.7 Å². The van der Waals surface area contributed by atoms with Crippen LogP contribution in [0.5, 0.6) is 0 Å². The summed E-state index contributed by atoms with van der Waals surface area (Å²) in [5.41, 5.74) is 3.19. The van der Waals surface area contributed by atoms with Gasteiger partial charge >= 0.3 is 0 Å². The highest BCUT2D eigenvalue weighted by Crippen LogP contribution is 2.19. The first-order valence-electron chi connectivity index (χ1n) is 8.77. The topological polar surface area (TPSA) is 29.8 Å². The maximum atomic E-state index is 13.2. The molecule has 0 spiro atoms. The lowest BCUT2D eigenvalue weighted by atomic mass is 10.1. The van der Waals surface area contributed by atoms with Crippen molar-refractivity contribution in [3.8, 4) is 0 Å². The highest BCUT2D eigenvalue weighted by molar-refractivity contribution is 5.51.